The number of nitrogens with zero attached hydrogens (tertiary/aromatic N) is 5. The Morgan fingerprint density at radius 3 is 2.77 bits per heavy atom. The van der Waals surface area contributed by atoms with Crippen LogP contribution in [0.4, 0.5) is 0 Å². The zero-order valence-electron chi connectivity index (χ0n) is 16.2. The summed E-state index contributed by atoms with van der Waals surface area (Å²) in [7, 11) is 0. The van der Waals surface area contributed by atoms with Gasteiger partial charge in [0.05, 0.1) is 11.9 Å². The van der Waals surface area contributed by atoms with Gasteiger partial charge in [0.25, 0.3) is 0 Å². The number of piperazine rings is 1. The van der Waals surface area contributed by atoms with Crippen molar-refractivity contribution in [1.82, 2.24) is 24.6 Å². The van der Waals surface area contributed by atoms with Crippen LogP contribution in [0.25, 0.3) is 0 Å². The first-order valence-electron chi connectivity index (χ1n) is 9.58. The monoisotopic (exact) mass is 357 g/mol. The van der Waals surface area contributed by atoms with E-state index in [1.807, 2.05) is 23.9 Å². The quantitative estimate of drug-likeness (QED) is 0.824. The van der Waals surface area contributed by atoms with Crippen molar-refractivity contribution in [3.63, 3.8) is 0 Å². The summed E-state index contributed by atoms with van der Waals surface area (Å²) in [5.74, 6) is 0. The number of aryl methyl sites for hydroxylation is 1. The van der Waals surface area contributed by atoms with Crippen LogP contribution in [-0.4, -0.2) is 62.0 Å². The van der Waals surface area contributed by atoms with Gasteiger partial charge in [0.15, 0.2) is 0 Å². The summed E-state index contributed by atoms with van der Waals surface area (Å²) < 4.78 is 2.01. The van der Waals surface area contributed by atoms with Gasteiger partial charge < -0.3 is 5.11 Å². The molecule has 142 valence electrons. The Morgan fingerprint density at radius 1 is 1.23 bits per heavy atom. The van der Waals surface area contributed by atoms with Crippen molar-refractivity contribution in [3.05, 3.63) is 47.5 Å². The van der Waals surface area contributed by atoms with E-state index in [0.717, 1.165) is 50.5 Å². The first kappa shape index (κ1) is 19.0. The van der Waals surface area contributed by atoms with Crippen LogP contribution in [0.2, 0.25) is 0 Å². The molecule has 1 saturated heterocycles. The fourth-order valence-corrected chi connectivity index (χ4v) is 3.63. The Bertz CT molecular complexity index is 699. The molecule has 1 unspecified atom stereocenters. The molecule has 1 atom stereocenters. The second kappa shape index (κ2) is 8.75. The minimum Gasteiger partial charge on any atom is -0.396 e. The molecule has 3 heterocycles. The summed E-state index contributed by atoms with van der Waals surface area (Å²) in [5, 5.41) is 14.0. The minimum absolute atomic E-state index is 0.224. The van der Waals surface area contributed by atoms with Crippen molar-refractivity contribution in [2.24, 2.45) is 0 Å². The Hall–Kier alpha value is -1.76. The zero-order valence-corrected chi connectivity index (χ0v) is 16.2. The van der Waals surface area contributed by atoms with Crippen molar-refractivity contribution < 1.29 is 5.11 Å². The highest BCUT2D eigenvalue weighted by molar-refractivity contribution is 5.10. The van der Waals surface area contributed by atoms with E-state index in [4.69, 9.17) is 0 Å². The van der Waals surface area contributed by atoms with E-state index in [2.05, 4.69) is 52.1 Å². The molecule has 1 N–H and O–H groups in total. The fourth-order valence-electron chi connectivity index (χ4n) is 3.63. The largest absolute Gasteiger partial charge is 0.396 e. The molecule has 26 heavy (non-hydrogen) atoms. The highest BCUT2D eigenvalue weighted by Crippen LogP contribution is 2.18. The maximum atomic E-state index is 9.51. The summed E-state index contributed by atoms with van der Waals surface area (Å²) in [6.07, 6.45) is 4.92. The molecular formula is C20H31N5O. The highest BCUT2D eigenvalue weighted by Gasteiger charge is 2.27. The van der Waals surface area contributed by atoms with Crippen LogP contribution in [0.15, 0.2) is 30.6 Å². The maximum absolute atomic E-state index is 9.51. The molecule has 6 heteroatoms. The SMILES string of the molecule is Cc1cccc(CN2CCN(Cc3cnn(C(C)C)c3)CC2CCO)n1. The second-order valence-corrected chi connectivity index (χ2v) is 7.56. The van der Waals surface area contributed by atoms with Crippen molar-refractivity contribution in [1.29, 1.82) is 0 Å². The van der Waals surface area contributed by atoms with Gasteiger partial charge >= 0.3 is 0 Å². The van der Waals surface area contributed by atoms with Crippen molar-refractivity contribution >= 4 is 0 Å². The highest BCUT2D eigenvalue weighted by atomic mass is 16.3. The zero-order chi connectivity index (χ0) is 18.5. The molecule has 2 aromatic rings. The molecule has 3 rings (SSSR count). The third kappa shape index (κ3) is 4.90. The predicted octanol–water partition coefficient (Wildman–Crippen LogP) is 2.24. The van der Waals surface area contributed by atoms with Gasteiger partial charge in [-0.3, -0.25) is 19.5 Å². The average Bonchev–Trinajstić information content (AvgIpc) is 3.06. The molecule has 0 aliphatic carbocycles. The molecule has 6 nitrogen and oxygen atoms in total. The van der Waals surface area contributed by atoms with E-state index >= 15 is 0 Å². The molecule has 0 aromatic carbocycles. The normalized spacial score (nSPS) is 19.3. The van der Waals surface area contributed by atoms with Crippen LogP contribution < -0.4 is 0 Å². The smallest absolute Gasteiger partial charge is 0.0547 e. The third-order valence-corrected chi connectivity index (χ3v) is 5.05. The molecule has 1 aliphatic heterocycles. The Kier molecular flexibility index (Phi) is 6.40. The van der Waals surface area contributed by atoms with E-state index in [9.17, 15) is 5.11 Å². The topological polar surface area (TPSA) is 57.4 Å². The second-order valence-electron chi connectivity index (χ2n) is 7.56. The van der Waals surface area contributed by atoms with Gasteiger partial charge in [0, 0.05) is 68.9 Å². The predicted molar refractivity (Wildman–Crippen MR) is 103 cm³/mol. The van der Waals surface area contributed by atoms with Gasteiger partial charge in [-0.05, 0) is 39.3 Å². The minimum atomic E-state index is 0.224. The molecule has 1 fully saturated rings. The molecule has 0 radical (unpaired) electrons. The summed E-state index contributed by atoms with van der Waals surface area (Å²) in [6.45, 7) is 11.3. The Balaban J connectivity index is 1.61. The van der Waals surface area contributed by atoms with Gasteiger partial charge in [0.1, 0.15) is 0 Å². The summed E-state index contributed by atoms with van der Waals surface area (Å²) in [6, 6.07) is 6.95. The number of aliphatic hydroxyl groups is 1. The molecule has 1 aliphatic rings. The standard InChI is InChI=1S/C20H31N5O/c1-16(2)25-13-18(11-21-25)12-23-8-9-24(20(15-23)7-10-26)14-19-6-4-5-17(3)22-19/h4-6,11,13,16,20,26H,7-10,12,14-15H2,1-3H3. The van der Waals surface area contributed by atoms with E-state index in [1.165, 1.54) is 5.56 Å². The Labute approximate surface area is 156 Å². The van der Waals surface area contributed by atoms with Crippen molar-refractivity contribution in [2.75, 3.05) is 26.2 Å². The number of aromatic nitrogens is 3. The third-order valence-electron chi connectivity index (χ3n) is 5.05. The first-order valence-corrected chi connectivity index (χ1v) is 9.58. The van der Waals surface area contributed by atoms with Crippen LogP contribution in [-0.2, 0) is 13.1 Å². The lowest BCUT2D eigenvalue weighted by molar-refractivity contribution is 0.0491. The number of hydrogen-bond donors (Lipinski definition) is 1. The lowest BCUT2D eigenvalue weighted by atomic mass is 10.1. The molecule has 0 amide bonds. The van der Waals surface area contributed by atoms with Crippen molar-refractivity contribution in [3.8, 4) is 0 Å². The summed E-state index contributed by atoms with van der Waals surface area (Å²) >= 11 is 0. The fraction of sp³-hybridized carbons (Fsp3) is 0.600. The van der Waals surface area contributed by atoms with Crippen LogP contribution in [0, 0.1) is 6.92 Å². The number of rotatable bonds is 7. The van der Waals surface area contributed by atoms with Crippen LogP contribution in [0.1, 0.15) is 43.3 Å². The van der Waals surface area contributed by atoms with Crippen LogP contribution in [0.3, 0.4) is 0 Å². The van der Waals surface area contributed by atoms with Crippen molar-refractivity contribution in [2.45, 2.75) is 52.4 Å². The van der Waals surface area contributed by atoms with Gasteiger partial charge in [-0.25, -0.2) is 0 Å². The van der Waals surface area contributed by atoms with E-state index < -0.39 is 0 Å². The number of hydrogen-bond acceptors (Lipinski definition) is 5. The molecule has 2 aromatic heterocycles. The average molecular weight is 358 g/mol. The molecule has 0 saturated carbocycles. The van der Waals surface area contributed by atoms with E-state index in [1.54, 1.807) is 0 Å². The molecular weight excluding hydrogens is 326 g/mol. The lowest BCUT2D eigenvalue weighted by Crippen LogP contribution is -2.52. The van der Waals surface area contributed by atoms with Crippen LogP contribution in [0.5, 0.6) is 0 Å². The van der Waals surface area contributed by atoms with Gasteiger partial charge in [0.2, 0.25) is 0 Å². The summed E-state index contributed by atoms with van der Waals surface area (Å²) in [4.78, 5) is 9.58. The Morgan fingerprint density at radius 2 is 2.08 bits per heavy atom. The van der Waals surface area contributed by atoms with Gasteiger partial charge in [-0.15, -0.1) is 0 Å². The van der Waals surface area contributed by atoms with E-state index in [0.29, 0.717) is 12.1 Å². The number of aliphatic hydroxyl groups excluding tert-OH is 1. The molecule has 0 bridgehead atoms. The van der Waals surface area contributed by atoms with E-state index in [-0.39, 0.29) is 6.61 Å². The summed E-state index contributed by atoms with van der Waals surface area (Å²) in [5.41, 5.74) is 3.43. The van der Waals surface area contributed by atoms with Gasteiger partial charge in [-0.1, -0.05) is 6.07 Å². The molecule has 0 spiro atoms. The first-order chi connectivity index (χ1) is 12.5. The lowest BCUT2D eigenvalue weighted by Gasteiger charge is -2.41. The number of pyridine rings is 1. The van der Waals surface area contributed by atoms with Gasteiger partial charge in [-0.2, -0.15) is 5.10 Å². The van der Waals surface area contributed by atoms with Crippen LogP contribution >= 0.6 is 0 Å². The maximum Gasteiger partial charge on any atom is 0.0547 e.